The Balaban J connectivity index is 1.19. The molecule has 3 N–H and O–H groups in total. The number of piperidine rings is 1. The minimum Gasteiger partial charge on any atom is -0.353 e. The predicted molar refractivity (Wildman–Crippen MR) is 126 cm³/mol. The molecule has 5 nitrogen and oxygen atoms in total. The summed E-state index contributed by atoms with van der Waals surface area (Å²) in [6, 6.07) is 10.4. The van der Waals surface area contributed by atoms with Gasteiger partial charge in [0.25, 0.3) is 0 Å². The van der Waals surface area contributed by atoms with Crippen LogP contribution in [0.1, 0.15) is 70.8 Å². The third-order valence-corrected chi connectivity index (χ3v) is 10.1. The van der Waals surface area contributed by atoms with Gasteiger partial charge in [-0.25, -0.2) is 4.79 Å². The fourth-order valence-corrected chi connectivity index (χ4v) is 8.20. The van der Waals surface area contributed by atoms with Gasteiger partial charge in [0.15, 0.2) is 0 Å². The largest absolute Gasteiger partial charge is 0.353 e. The van der Waals surface area contributed by atoms with E-state index >= 15 is 0 Å². The van der Waals surface area contributed by atoms with Gasteiger partial charge in [-0.2, -0.15) is 0 Å². The molecule has 0 spiro atoms. The zero-order valence-corrected chi connectivity index (χ0v) is 19.7. The van der Waals surface area contributed by atoms with Gasteiger partial charge in [0.1, 0.15) is 0 Å². The highest BCUT2D eigenvalue weighted by molar-refractivity contribution is 5.77. The molecule has 3 saturated carbocycles. The number of nitrogens with one attached hydrogen (secondary N) is 3. The van der Waals surface area contributed by atoms with E-state index < -0.39 is 0 Å². The second kappa shape index (κ2) is 8.39. The Hall–Kier alpha value is -2.04. The van der Waals surface area contributed by atoms with E-state index in [1.54, 1.807) is 0 Å². The molecule has 2 unspecified atom stereocenters. The Kier molecular flexibility index (Phi) is 5.71. The molecule has 1 aromatic carbocycles. The van der Waals surface area contributed by atoms with Crippen LogP contribution in [-0.2, 0) is 11.3 Å². The summed E-state index contributed by atoms with van der Waals surface area (Å²) in [5, 5.41) is 9.53. The van der Waals surface area contributed by atoms with Crippen molar-refractivity contribution in [2.75, 3.05) is 6.54 Å². The lowest BCUT2D eigenvalue weighted by molar-refractivity contribution is -0.136. The number of hydrogen-bond acceptors (Lipinski definition) is 2. The highest BCUT2D eigenvalue weighted by Gasteiger charge is 2.60. The van der Waals surface area contributed by atoms with Crippen LogP contribution in [0.15, 0.2) is 30.3 Å². The minimum absolute atomic E-state index is 0.0550. The molecule has 7 atom stereocenters. The highest BCUT2D eigenvalue weighted by atomic mass is 16.2. The third-order valence-electron chi connectivity index (χ3n) is 10.1. The number of hydrogen-bond donors (Lipinski definition) is 3. The Morgan fingerprint density at radius 3 is 2.56 bits per heavy atom. The van der Waals surface area contributed by atoms with Crippen molar-refractivity contribution >= 4 is 11.9 Å². The van der Waals surface area contributed by atoms with Crippen molar-refractivity contribution in [2.24, 2.45) is 34.5 Å². The average Bonchev–Trinajstić information content (AvgIpc) is 3.13. The lowest BCUT2D eigenvalue weighted by Crippen LogP contribution is -2.61. The van der Waals surface area contributed by atoms with Gasteiger partial charge in [-0.05, 0) is 85.0 Å². The Bertz CT molecular complexity index is 858. The number of carbonyl (C=O) groups excluding carboxylic acids is 2. The smallest absolute Gasteiger partial charge is 0.315 e. The molecule has 1 saturated heterocycles. The van der Waals surface area contributed by atoms with E-state index in [9.17, 15) is 9.59 Å². The molecule has 5 rings (SSSR count). The van der Waals surface area contributed by atoms with E-state index in [0.717, 1.165) is 42.7 Å². The molecule has 1 heterocycles. The van der Waals surface area contributed by atoms with Gasteiger partial charge in [0.2, 0.25) is 5.91 Å². The summed E-state index contributed by atoms with van der Waals surface area (Å²) >= 11 is 0. The van der Waals surface area contributed by atoms with Gasteiger partial charge in [-0.3, -0.25) is 4.79 Å². The number of benzene rings is 1. The van der Waals surface area contributed by atoms with Crippen molar-refractivity contribution in [3.63, 3.8) is 0 Å². The molecule has 4 fully saturated rings. The van der Waals surface area contributed by atoms with Crippen molar-refractivity contribution < 1.29 is 9.59 Å². The number of rotatable bonds is 4. The number of fused-ring (bicyclic) bond motifs is 5. The van der Waals surface area contributed by atoms with E-state index in [0.29, 0.717) is 30.3 Å². The van der Waals surface area contributed by atoms with Crippen molar-refractivity contribution in [2.45, 2.75) is 77.8 Å². The van der Waals surface area contributed by atoms with Crippen LogP contribution < -0.4 is 16.0 Å². The van der Waals surface area contributed by atoms with Crippen LogP contribution in [-0.4, -0.2) is 24.5 Å². The molecular formula is C27H39N3O2. The van der Waals surface area contributed by atoms with Gasteiger partial charge in [-0.15, -0.1) is 0 Å². The Morgan fingerprint density at radius 1 is 0.969 bits per heavy atom. The van der Waals surface area contributed by atoms with E-state index in [4.69, 9.17) is 0 Å². The molecule has 3 aliphatic carbocycles. The van der Waals surface area contributed by atoms with Gasteiger partial charge in [0, 0.05) is 25.6 Å². The number of carbonyl (C=O) groups is 2. The molecule has 5 heteroatoms. The molecule has 0 bridgehead atoms. The first-order valence-electron chi connectivity index (χ1n) is 12.7. The molecule has 32 heavy (non-hydrogen) atoms. The van der Waals surface area contributed by atoms with Crippen LogP contribution in [0.5, 0.6) is 0 Å². The molecule has 1 aliphatic heterocycles. The van der Waals surface area contributed by atoms with Crippen LogP contribution in [0.4, 0.5) is 4.79 Å². The maximum atomic E-state index is 12.4. The SMILES string of the molecule is C[C@]12CCC(=O)NC1CC[C@@H]1[C@H]2CC[C@]2(C)C(CNC(=O)NCc3ccccc3)CC[C@@H]12. The fraction of sp³-hybridized carbons (Fsp3) is 0.704. The van der Waals surface area contributed by atoms with Crippen LogP contribution in [0, 0.1) is 34.5 Å². The average molecular weight is 438 g/mol. The lowest BCUT2D eigenvalue weighted by atomic mass is 9.47. The standard InChI is InChI=1S/C27H39N3O2/c1-26-14-12-22-20(9-11-23-27(22,2)15-13-24(31)30-23)21(26)10-8-19(26)17-29-25(32)28-16-18-6-4-3-5-7-18/h3-7,19-23H,8-17H2,1-2H3,(H,30,31)(H2,28,29,32)/t19?,20-,21-,22+,23?,26+,27+/m0/s1. The first-order chi connectivity index (χ1) is 15.4. The van der Waals surface area contributed by atoms with Crippen molar-refractivity contribution in [1.82, 2.24) is 16.0 Å². The van der Waals surface area contributed by atoms with Crippen LogP contribution in [0.2, 0.25) is 0 Å². The molecule has 4 aliphatic rings. The van der Waals surface area contributed by atoms with E-state index in [1.165, 1.54) is 32.1 Å². The minimum atomic E-state index is -0.0550. The summed E-state index contributed by atoms with van der Waals surface area (Å²) in [5.74, 6) is 3.09. The molecule has 1 aromatic rings. The van der Waals surface area contributed by atoms with Crippen LogP contribution in [0.3, 0.4) is 0 Å². The zero-order chi connectivity index (χ0) is 22.3. The van der Waals surface area contributed by atoms with Crippen molar-refractivity contribution in [3.05, 3.63) is 35.9 Å². The lowest BCUT2D eigenvalue weighted by Gasteiger charge is -2.60. The van der Waals surface area contributed by atoms with E-state index in [2.05, 4.69) is 29.8 Å². The van der Waals surface area contributed by atoms with Gasteiger partial charge in [-0.1, -0.05) is 44.2 Å². The molecular weight excluding hydrogens is 398 g/mol. The fourth-order valence-electron chi connectivity index (χ4n) is 8.20. The summed E-state index contributed by atoms with van der Waals surface area (Å²) in [6.45, 7) is 6.31. The quantitative estimate of drug-likeness (QED) is 0.643. The number of amides is 3. The zero-order valence-electron chi connectivity index (χ0n) is 19.7. The Labute approximate surface area is 192 Å². The summed E-state index contributed by atoms with van der Waals surface area (Å²) in [5.41, 5.74) is 1.72. The summed E-state index contributed by atoms with van der Waals surface area (Å²) in [4.78, 5) is 24.4. The predicted octanol–water partition coefficient (Wildman–Crippen LogP) is 4.62. The van der Waals surface area contributed by atoms with Crippen molar-refractivity contribution in [3.8, 4) is 0 Å². The van der Waals surface area contributed by atoms with Gasteiger partial charge >= 0.3 is 6.03 Å². The first-order valence-corrected chi connectivity index (χ1v) is 12.7. The molecule has 174 valence electrons. The molecule has 0 aromatic heterocycles. The first kappa shape index (κ1) is 21.8. The second-order valence-electron chi connectivity index (χ2n) is 11.4. The van der Waals surface area contributed by atoms with Crippen LogP contribution in [0.25, 0.3) is 0 Å². The van der Waals surface area contributed by atoms with Crippen molar-refractivity contribution in [1.29, 1.82) is 0 Å². The maximum Gasteiger partial charge on any atom is 0.315 e. The third kappa shape index (κ3) is 3.72. The number of urea groups is 1. The monoisotopic (exact) mass is 437 g/mol. The van der Waals surface area contributed by atoms with Gasteiger partial charge < -0.3 is 16.0 Å². The Morgan fingerprint density at radius 2 is 1.75 bits per heavy atom. The van der Waals surface area contributed by atoms with Gasteiger partial charge in [0.05, 0.1) is 0 Å². The summed E-state index contributed by atoms with van der Waals surface area (Å²) in [7, 11) is 0. The maximum absolute atomic E-state index is 12.4. The van der Waals surface area contributed by atoms with E-state index in [1.807, 2.05) is 30.3 Å². The highest BCUT2D eigenvalue weighted by Crippen LogP contribution is 2.65. The second-order valence-corrected chi connectivity index (χ2v) is 11.4. The van der Waals surface area contributed by atoms with Crippen LogP contribution >= 0.6 is 0 Å². The molecule has 3 amide bonds. The summed E-state index contributed by atoms with van der Waals surface area (Å²) in [6.07, 6.45) is 9.20. The summed E-state index contributed by atoms with van der Waals surface area (Å²) < 4.78 is 0. The molecule has 0 radical (unpaired) electrons. The van der Waals surface area contributed by atoms with E-state index in [-0.39, 0.29) is 17.4 Å². The topological polar surface area (TPSA) is 70.2 Å². The normalized spacial score (nSPS) is 40.4.